The summed E-state index contributed by atoms with van der Waals surface area (Å²) in [4.78, 5) is 14.9. The predicted molar refractivity (Wildman–Crippen MR) is 227 cm³/mol. The van der Waals surface area contributed by atoms with Gasteiger partial charge >= 0.3 is 0 Å². The van der Waals surface area contributed by atoms with E-state index in [-0.39, 0.29) is 86.8 Å². The Morgan fingerprint density at radius 1 is 0.321 bits per heavy atom. The van der Waals surface area contributed by atoms with E-state index in [1.165, 1.54) is 0 Å². The molecule has 5 nitrogen and oxygen atoms in total. The van der Waals surface area contributed by atoms with E-state index >= 15 is 0 Å². The normalized spacial score (nSPS) is 13.1. The lowest BCUT2D eigenvalue weighted by Gasteiger charge is -2.12. The molecule has 262 valence electrons. The second kappa shape index (κ2) is 13.0. The minimum atomic E-state index is -0.349. The maximum atomic E-state index is 9.56. The monoisotopic (exact) mass is 723 g/mol. The highest BCUT2D eigenvalue weighted by Gasteiger charge is 2.18. The zero-order valence-corrected chi connectivity index (χ0v) is 29.6. The third-order valence-electron chi connectivity index (χ3n) is 10.0. The van der Waals surface area contributed by atoms with Crippen molar-refractivity contribution >= 4 is 43.9 Å². The average molecular weight is 724 g/mol. The van der Waals surface area contributed by atoms with E-state index in [4.69, 9.17) is 26.5 Å². The average Bonchev–Trinajstić information content (AvgIpc) is 3.91. The SMILES string of the molecule is [2H]c1c(-c2ccccc2)c([2H])c2c(oc3c([2H])c(-c4nc(-c5ccc(-c6ccccc6)cc5)nc(-c5ccccc5-c5ccc6c(c5)oc5ccccc56)n4)c([2H])c([2H])c32)c1[2H]. The van der Waals surface area contributed by atoms with Crippen molar-refractivity contribution in [2.75, 3.05) is 0 Å². The van der Waals surface area contributed by atoms with Gasteiger partial charge in [0.15, 0.2) is 17.5 Å². The fourth-order valence-electron chi connectivity index (χ4n) is 7.25. The summed E-state index contributed by atoms with van der Waals surface area (Å²) in [5.74, 6) is 0.546. The number of nitrogens with zero attached hydrogens (tertiary/aromatic N) is 3. The molecule has 0 aliphatic carbocycles. The van der Waals surface area contributed by atoms with Crippen LogP contribution in [0.1, 0.15) is 8.22 Å². The van der Waals surface area contributed by atoms with Crippen molar-refractivity contribution in [1.29, 1.82) is 0 Å². The standard InChI is InChI=1S/C51H31N3O2/c1-3-11-32(12-4-1)34-19-21-35(22-20-34)49-52-50(38-24-27-42-44-29-36(33-13-5-2-6-14-33)25-28-46(44)56-48(42)31-38)54-51(53-49)43-17-8-7-15-39(43)37-23-26-41-40-16-9-10-18-45(40)55-47(41)30-37/h1-31H/i24D,25D,27D,28D,29D,31D. The smallest absolute Gasteiger partial charge is 0.164 e. The Labute approximate surface area is 330 Å². The maximum absolute atomic E-state index is 9.56. The van der Waals surface area contributed by atoms with E-state index in [9.17, 15) is 5.48 Å². The van der Waals surface area contributed by atoms with Gasteiger partial charge in [-0.25, -0.2) is 15.0 Å². The number of hydrogen-bond donors (Lipinski definition) is 0. The summed E-state index contributed by atoms with van der Waals surface area (Å²) in [5.41, 5.74) is 7.08. The van der Waals surface area contributed by atoms with Crippen LogP contribution in [0.3, 0.4) is 0 Å². The van der Waals surface area contributed by atoms with Gasteiger partial charge in [0.05, 0.1) is 8.22 Å². The second-order valence-corrected chi connectivity index (χ2v) is 13.5. The fourth-order valence-corrected chi connectivity index (χ4v) is 7.25. The molecule has 0 unspecified atom stereocenters. The molecule has 0 spiro atoms. The van der Waals surface area contributed by atoms with Gasteiger partial charge in [0.1, 0.15) is 22.3 Å². The van der Waals surface area contributed by atoms with Crippen molar-refractivity contribution in [3.63, 3.8) is 0 Å². The van der Waals surface area contributed by atoms with Crippen LogP contribution in [0.15, 0.2) is 197 Å². The van der Waals surface area contributed by atoms with E-state index in [0.717, 1.165) is 44.2 Å². The van der Waals surface area contributed by atoms with Gasteiger partial charge in [0.25, 0.3) is 0 Å². The molecular formula is C51H31N3O2. The molecule has 0 aliphatic heterocycles. The van der Waals surface area contributed by atoms with Crippen molar-refractivity contribution in [2.24, 2.45) is 0 Å². The molecule has 0 aliphatic rings. The summed E-state index contributed by atoms with van der Waals surface area (Å²) >= 11 is 0. The molecule has 0 atom stereocenters. The first-order chi connectivity index (χ1) is 30.2. The third-order valence-corrected chi connectivity index (χ3v) is 10.0. The van der Waals surface area contributed by atoms with Crippen LogP contribution in [0.5, 0.6) is 0 Å². The lowest BCUT2D eigenvalue weighted by Crippen LogP contribution is -2.01. The van der Waals surface area contributed by atoms with Gasteiger partial charge < -0.3 is 8.83 Å². The van der Waals surface area contributed by atoms with Crippen molar-refractivity contribution in [3.8, 4) is 67.5 Å². The number of benzene rings is 8. The van der Waals surface area contributed by atoms with Gasteiger partial charge in [0, 0.05) is 38.2 Å². The van der Waals surface area contributed by atoms with Gasteiger partial charge in [-0.2, -0.15) is 0 Å². The maximum Gasteiger partial charge on any atom is 0.164 e. The molecule has 56 heavy (non-hydrogen) atoms. The first-order valence-corrected chi connectivity index (χ1v) is 18.2. The number of furan rings is 2. The van der Waals surface area contributed by atoms with Crippen LogP contribution in [0, 0.1) is 0 Å². The van der Waals surface area contributed by atoms with Crippen molar-refractivity contribution < 1.29 is 17.1 Å². The molecule has 0 saturated heterocycles. The highest BCUT2D eigenvalue weighted by atomic mass is 16.3. The van der Waals surface area contributed by atoms with Crippen molar-refractivity contribution in [3.05, 3.63) is 188 Å². The lowest BCUT2D eigenvalue weighted by atomic mass is 9.98. The van der Waals surface area contributed by atoms with Crippen LogP contribution >= 0.6 is 0 Å². The first-order valence-electron chi connectivity index (χ1n) is 21.2. The Bertz CT molecular complexity index is 3590. The minimum absolute atomic E-state index is 0.0196. The summed E-state index contributed by atoms with van der Waals surface area (Å²) in [6.45, 7) is 0. The van der Waals surface area contributed by atoms with Crippen LogP contribution in [0.4, 0.5) is 0 Å². The molecule has 0 radical (unpaired) electrons. The van der Waals surface area contributed by atoms with Crippen molar-refractivity contribution in [1.82, 2.24) is 15.0 Å². The number of rotatable bonds is 6. The Morgan fingerprint density at radius 2 is 0.893 bits per heavy atom. The number of para-hydroxylation sites is 1. The molecule has 5 heteroatoms. The fraction of sp³-hybridized carbons (Fsp3) is 0. The van der Waals surface area contributed by atoms with Crippen LogP contribution in [0.25, 0.3) is 111 Å². The zero-order chi connectivity index (χ0) is 42.2. The molecule has 0 saturated carbocycles. The van der Waals surface area contributed by atoms with Crippen LogP contribution in [0.2, 0.25) is 0 Å². The first kappa shape index (κ1) is 26.2. The Hall–Kier alpha value is -7.63. The van der Waals surface area contributed by atoms with Crippen molar-refractivity contribution in [2.45, 2.75) is 0 Å². The molecule has 0 amide bonds. The summed E-state index contributed by atoms with van der Waals surface area (Å²) in [5, 5.41) is 2.17. The summed E-state index contributed by atoms with van der Waals surface area (Å²) in [7, 11) is 0. The quantitative estimate of drug-likeness (QED) is 0.171. The van der Waals surface area contributed by atoms with Gasteiger partial charge in [-0.1, -0.05) is 146 Å². The molecule has 11 aromatic rings. The Balaban J connectivity index is 1.13. The van der Waals surface area contributed by atoms with Crippen LogP contribution in [-0.4, -0.2) is 15.0 Å². The number of fused-ring (bicyclic) bond motifs is 6. The second-order valence-electron chi connectivity index (χ2n) is 13.5. The molecule has 3 aromatic heterocycles. The molecule has 0 fully saturated rings. The highest BCUT2D eigenvalue weighted by molar-refractivity contribution is 6.08. The van der Waals surface area contributed by atoms with Crippen LogP contribution < -0.4 is 0 Å². The molecule has 3 heterocycles. The van der Waals surface area contributed by atoms with E-state index < -0.39 is 0 Å². The van der Waals surface area contributed by atoms with E-state index in [1.807, 2.05) is 127 Å². The summed E-state index contributed by atoms with van der Waals surface area (Å²) in [6.07, 6.45) is 0. The zero-order valence-electron chi connectivity index (χ0n) is 35.6. The van der Waals surface area contributed by atoms with E-state index in [0.29, 0.717) is 16.7 Å². The Kier molecular flexibility index (Phi) is 6.10. The largest absolute Gasteiger partial charge is 0.456 e. The minimum Gasteiger partial charge on any atom is -0.456 e. The van der Waals surface area contributed by atoms with E-state index in [2.05, 4.69) is 0 Å². The summed E-state index contributed by atoms with van der Waals surface area (Å²) in [6, 6.07) is 46.9. The molecule has 8 aromatic carbocycles. The molecule has 0 bridgehead atoms. The number of aromatic nitrogens is 3. The van der Waals surface area contributed by atoms with Gasteiger partial charge in [-0.15, -0.1) is 0 Å². The molecule has 0 N–H and O–H groups in total. The van der Waals surface area contributed by atoms with Gasteiger partial charge in [-0.05, 0) is 75.7 Å². The van der Waals surface area contributed by atoms with Crippen LogP contribution in [-0.2, 0) is 0 Å². The summed E-state index contributed by atoms with van der Waals surface area (Å²) < 4.78 is 67.8. The van der Waals surface area contributed by atoms with Gasteiger partial charge in [-0.3, -0.25) is 0 Å². The lowest BCUT2D eigenvalue weighted by molar-refractivity contribution is 0.668. The number of hydrogen-bond acceptors (Lipinski definition) is 5. The topological polar surface area (TPSA) is 65.0 Å². The highest BCUT2D eigenvalue weighted by Crippen LogP contribution is 2.38. The molecular weight excluding hydrogens is 687 g/mol. The predicted octanol–water partition coefficient (Wildman–Crippen LogP) is 13.7. The van der Waals surface area contributed by atoms with Gasteiger partial charge in [0.2, 0.25) is 0 Å². The van der Waals surface area contributed by atoms with E-state index in [1.54, 1.807) is 24.3 Å². The Morgan fingerprint density at radius 3 is 1.70 bits per heavy atom. The molecule has 11 rings (SSSR count). The third kappa shape index (κ3) is 5.53.